The minimum Gasteiger partial charge on any atom is -0.493 e. The van der Waals surface area contributed by atoms with E-state index in [-0.39, 0.29) is 24.7 Å². The van der Waals surface area contributed by atoms with Crippen LogP contribution in [0.4, 0.5) is 10.5 Å². The maximum atomic E-state index is 13.1. The van der Waals surface area contributed by atoms with Gasteiger partial charge >= 0.3 is 6.03 Å². The van der Waals surface area contributed by atoms with Crippen LogP contribution in [0.1, 0.15) is 40.7 Å². The van der Waals surface area contributed by atoms with Crippen LogP contribution in [0.2, 0.25) is 0 Å². The van der Waals surface area contributed by atoms with Crippen molar-refractivity contribution in [2.45, 2.75) is 44.6 Å². The molecule has 31 heavy (non-hydrogen) atoms. The minimum absolute atomic E-state index is 0.0973. The van der Waals surface area contributed by atoms with E-state index < -0.39 is 6.03 Å². The third-order valence-electron chi connectivity index (χ3n) is 5.67. The second-order valence-electron chi connectivity index (χ2n) is 7.82. The molecule has 2 aliphatic rings. The number of carbonyl (C=O) groups is 2. The van der Waals surface area contributed by atoms with Crippen LogP contribution < -0.4 is 20.1 Å². The van der Waals surface area contributed by atoms with E-state index >= 15 is 0 Å². The zero-order valence-corrected chi connectivity index (χ0v) is 17.2. The molecule has 1 saturated carbocycles. The zero-order chi connectivity index (χ0) is 22.1. The van der Waals surface area contributed by atoms with E-state index in [2.05, 4.69) is 0 Å². The van der Waals surface area contributed by atoms with E-state index in [4.69, 9.17) is 15.2 Å². The third-order valence-corrected chi connectivity index (χ3v) is 5.67. The van der Waals surface area contributed by atoms with Gasteiger partial charge in [-0.1, -0.05) is 12.1 Å². The Balaban J connectivity index is 1.56. The van der Waals surface area contributed by atoms with Gasteiger partial charge < -0.3 is 25.2 Å². The lowest BCUT2D eigenvalue weighted by Gasteiger charge is -2.20. The summed E-state index contributed by atoms with van der Waals surface area (Å²) in [5.41, 5.74) is 7.66. The number of carbonyl (C=O) groups excluding carboxylic acids is 2. The van der Waals surface area contributed by atoms with E-state index in [1.807, 2.05) is 0 Å². The SMILES string of the molecule is COc1ccc(N2Cc3ccc(CN(O)C(N)=O)cc3C2=O)cc1OC1CCC(O)C1. The van der Waals surface area contributed by atoms with E-state index in [1.54, 1.807) is 48.4 Å². The lowest BCUT2D eigenvalue weighted by atomic mass is 10.1. The van der Waals surface area contributed by atoms with Gasteiger partial charge in [0.2, 0.25) is 0 Å². The molecule has 4 rings (SSSR count). The van der Waals surface area contributed by atoms with Crippen molar-refractivity contribution in [3.05, 3.63) is 53.1 Å². The van der Waals surface area contributed by atoms with Gasteiger partial charge in [0.1, 0.15) is 6.10 Å². The Hall–Kier alpha value is -3.30. The summed E-state index contributed by atoms with van der Waals surface area (Å²) in [6, 6.07) is 9.57. The molecule has 164 valence electrons. The van der Waals surface area contributed by atoms with Gasteiger partial charge in [-0.2, -0.15) is 0 Å². The van der Waals surface area contributed by atoms with Crippen molar-refractivity contribution < 1.29 is 29.4 Å². The Kier molecular flexibility index (Phi) is 5.71. The third kappa shape index (κ3) is 4.28. The van der Waals surface area contributed by atoms with E-state index in [0.717, 1.165) is 12.0 Å². The van der Waals surface area contributed by atoms with Gasteiger partial charge in [-0.3, -0.25) is 10.0 Å². The van der Waals surface area contributed by atoms with Crippen molar-refractivity contribution in [1.29, 1.82) is 0 Å². The number of rotatable bonds is 6. The summed E-state index contributed by atoms with van der Waals surface area (Å²) in [7, 11) is 1.56. The zero-order valence-electron chi connectivity index (χ0n) is 17.2. The predicted octanol–water partition coefficient (Wildman–Crippen LogP) is 2.42. The molecule has 1 heterocycles. The highest BCUT2D eigenvalue weighted by Crippen LogP contribution is 2.37. The highest BCUT2D eigenvalue weighted by Gasteiger charge is 2.30. The largest absolute Gasteiger partial charge is 0.493 e. The average Bonchev–Trinajstić information content (AvgIpc) is 3.30. The molecular formula is C22H25N3O6. The molecule has 2 atom stereocenters. The normalized spacial score (nSPS) is 20.0. The van der Waals surface area contributed by atoms with Crippen LogP contribution in [0.3, 0.4) is 0 Å². The monoisotopic (exact) mass is 427 g/mol. The lowest BCUT2D eigenvalue weighted by molar-refractivity contribution is -0.0470. The Labute approximate surface area is 179 Å². The molecule has 0 bridgehead atoms. The molecule has 0 aromatic heterocycles. The number of hydrogen-bond acceptors (Lipinski definition) is 6. The topological polar surface area (TPSA) is 126 Å². The fraction of sp³-hybridized carbons (Fsp3) is 0.364. The summed E-state index contributed by atoms with van der Waals surface area (Å²) < 4.78 is 11.5. The molecule has 1 aliphatic heterocycles. The first-order valence-corrected chi connectivity index (χ1v) is 10.1. The molecule has 0 spiro atoms. The number of nitrogens with two attached hydrogens (primary N) is 1. The standard InChI is InChI=1S/C22H25N3O6/c1-30-19-7-4-15(9-20(19)31-17-6-5-16(26)10-17)24-12-14-3-2-13(8-18(14)21(24)27)11-25(29)22(23)28/h2-4,7-9,16-17,26,29H,5-6,10-12H2,1H3,(H2,23,28). The molecule has 2 aromatic rings. The van der Waals surface area contributed by atoms with Crippen LogP contribution in [-0.2, 0) is 13.1 Å². The molecule has 3 amide bonds. The molecule has 1 aliphatic carbocycles. The number of nitrogens with zero attached hydrogens (tertiary/aromatic N) is 2. The van der Waals surface area contributed by atoms with Gasteiger partial charge in [-0.25, -0.2) is 9.86 Å². The summed E-state index contributed by atoms with van der Waals surface area (Å²) in [4.78, 5) is 25.8. The first-order valence-electron chi connectivity index (χ1n) is 10.1. The molecule has 0 radical (unpaired) electrons. The van der Waals surface area contributed by atoms with Crippen LogP contribution in [0, 0.1) is 0 Å². The van der Waals surface area contributed by atoms with Crippen molar-refractivity contribution in [1.82, 2.24) is 5.06 Å². The number of aliphatic hydroxyl groups excluding tert-OH is 1. The van der Waals surface area contributed by atoms with E-state index in [9.17, 15) is 19.9 Å². The van der Waals surface area contributed by atoms with E-state index in [0.29, 0.717) is 52.8 Å². The van der Waals surface area contributed by atoms with Gasteiger partial charge in [0, 0.05) is 23.7 Å². The number of primary amides is 1. The molecule has 2 aromatic carbocycles. The number of methoxy groups -OCH3 is 1. The molecule has 9 nitrogen and oxygen atoms in total. The number of ether oxygens (including phenoxy) is 2. The number of aliphatic hydroxyl groups is 1. The molecule has 4 N–H and O–H groups in total. The van der Waals surface area contributed by atoms with Crippen molar-refractivity contribution >= 4 is 17.6 Å². The van der Waals surface area contributed by atoms with Crippen LogP contribution in [0.15, 0.2) is 36.4 Å². The Bertz CT molecular complexity index is 1010. The van der Waals surface area contributed by atoms with Crippen molar-refractivity contribution in [3.8, 4) is 11.5 Å². The summed E-state index contributed by atoms with van der Waals surface area (Å²) in [6.07, 6.45) is 1.58. The number of anilines is 1. The minimum atomic E-state index is -0.964. The first kappa shape index (κ1) is 21.0. The van der Waals surface area contributed by atoms with Crippen molar-refractivity contribution in [2.75, 3.05) is 12.0 Å². The molecule has 2 unspecified atom stereocenters. The fourth-order valence-corrected chi connectivity index (χ4v) is 4.04. The molecular weight excluding hydrogens is 402 g/mol. The number of urea groups is 1. The highest BCUT2D eigenvalue weighted by atomic mass is 16.5. The summed E-state index contributed by atoms with van der Waals surface area (Å²) in [5.74, 6) is 0.903. The lowest BCUT2D eigenvalue weighted by Crippen LogP contribution is -2.32. The van der Waals surface area contributed by atoms with Crippen LogP contribution in [0.25, 0.3) is 0 Å². The number of amides is 3. The second-order valence-corrected chi connectivity index (χ2v) is 7.82. The number of hydrogen-bond donors (Lipinski definition) is 3. The maximum absolute atomic E-state index is 13.1. The summed E-state index contributed by atoms with van der Waals surface area (Å²) >= 11 is 0. The second kappa shape index (κ2) is 8.44. The quantitative estimate of drug-likeness (QED) is 0.480. The molecule has 0 saturated heterocycles. The number of benzene rings is 2. The van der Waals surface area contributed by atoms with Gasteiger partial charge in [-0.05, 0) is 42.2 Å². The first-order chi connectivity index (χ1) is 14.9. The fourth-order valence-electron chi connectivity index (χ4n) is 4.04. The van der Waals surface area contributed by atoms with Crippen molar-refractivity contribution in [3.63, 3.8) is 0 Å². The average molecular weight is 427 g/mol. The maximum Gasteiger partial charge on any atom is 0.338 e. The highest BCUT2D eigenvalue weighted by molar-refractivity contribution is 6.10. The van der Waals surface area contributed by atoms with Crippen LogP contribution in [-0.4, -0.2) is 46.6 Å². The van der Waals surface area contributed by atoms with Gasteiger partial charge in [0.15, 0.2) is 11.5 Å². The smallest absolute Gasteiger partial charge is 0.338 e. The van der Waals surface area contributed by atoms with Gasteiger partial charge in [0.25, 0.3) is 5.91 Å². The predicted molar refractivity (Wildman–Crippen MR) is 111 cm³/mol. The summed E-state index contributed by atoms with van der Waals surface area (Å²) in [5, 5.41) is 19.7. The molecule has 9 heteroatoms. The van der Waals surface area contributed by atoms with Crippen molar-refractivity contribution in [2.24, 2.45) is 5.73 Å². The van der Waals surface area contributed by atoms with Crippen LogP contribution >= 0.6 is 0 Å². The Morgan fingerprint density at radius 1 is 1.23 bits per heavy atom. The van der Waals surface area contributed by atoms with Gasteiger partial charge in [-0.15, -0.1) is 0 Å². The molecule has 1 fully saturated rings. The van der Waals surface area contributed by atoms with E-state index in [1.165, 1.54) is 0 Å². The summed E-state index contributed by atoms with van der Waals surface area (Å²) in [6.45, 7) is 0.282. The van der Waals surface area contributed by atoms with Crippen LogP contribution in [0.5, 0.6) is 11.5 Å². The van der Waals surface area contributed by atoms with Gasteiger partial charge in [0.05, 0.1) is 26.3 Å². The Morgan fingerprint density at radius 3 is 2.71 bits per heavy atom. The Morgan fingerprint density at radius 2 is 2.03 bits per heavy atom. The number of hydroxylamine groups is 2. The number of fused-ring (bicyclic) bond motifs is 1.